The molecule has 1 rings (SSSR count). The van der Waals surface area contributed by atoms with Crippen LogP contribution in [0.15, 0.2) is 11.8 Å². The van der Waals surface area contributed by atoms with Gasteiger partial charge in [-0.05, 0) is 52.9 Å². The molecule has 0 heterocycles. The van der Waals surface area contributed by atoms with Gasteiger partial charge in [-0.2, -0.15) is 0 Å². The van der Waals surface area contributed by atoms with Crippen LogP contribution in [0, 0.1) is 11.3 Å². The molecule has 0 saturated carbocycles. The first-order valence-electron chi connectivity index (χ1n) is 8.82. The van der Waals surface area contributed by atoms with Gasteiger partial charge in [0.15, 0.2) is 5.41 Å². The fourth-order valence-electron chi connectivity index (χ4n) is 2.95. The molecule has 0 aliphatic heterocycles. The van der Waals surface area contributed by atoms with E-state index in [2.05, 4.69) is 0 Å². The number of hydrogen-bond acceptors (Lipinski definition) is 7. The van der Waals surface area contributed by atoms with Crippen molar-refractivity contribution in [1.29, 1.82) is 0 Å². The second kappa shape index (κ2) is 8.70. The summed E-state index contributed by atoms with van der Waals surface area (Å²) in [6.07, 6.45) is 1.36. The lowest BCUT2D eigenvalue weighted by Gasteiger charge is -2.39. The first kappa shape index (κ1) is 22.2. The van der Waals surface area contributed by atoms with Gasteiger partial charge in [0.05, 0.1) is 31.5 Å². The molecule has 0 fully saturated rings. The van der Waals surface area contributed by atoms with Gasteiger partial charge < -0.3 is 18.6 Å². The molecule has 0 aromatic heterocycles. The summed E-state index contributed by atoms with van der Waals surface area (Å²) in [6.45, 7) is 11.2. The average molecular weight is 387 g/mol. The minimum atomic E-state index is -1.97. The van der Waals surface area contributed by atoms with Crippen LogP contribution in [0.4, 0.5) is 0 Å². The molecule has 0 aromatic rings. The Labute approximate surface area is 156 Å². The zero-order valence-corrected chi connectivity index (χ0v) is 17.7. The third-order valence-electron chi connectivity index (χ3n) is 3.89. The van der Waals surface area contributed by atoms with E-state index in [1.165, 1.54) is 7.11 Å². The van der Waals surface area contributed by atoms with Crippen molar-refractivity contribution in [2.75, 3.05) is 13.7 Å². The second-order valence-corrected chi connectivity index (χ2v) is 11.9. The maximum absolute atomic E-state index is 13.0. The zero-order chi connectivity index (χ0) is 20.1. The van der Waals surface area contributed by atoms with E-state index in [4.69, 9.17) is 18.6 Å². The predicted octanol–water partition coefficient (Wildman–Crippen LogP) is 2.81. The summed E-state index contributed by atoms with van der Waals surface area (Å²) in [7, 11) is -0.785. The number of carbonyl (C=O) groups excluding carboxylic acids is 3. The van der Waals surface area contributed by atoms with Gasteiger partial charge in [-0.3, -0.25) is 14.4 Å². The molecule has 0 aromatic carbocycles. The molecule has 0 spiro atoms. The van der Waals surface area contributed by atoms with E-state index in [9.17, 15) is 14.4 Å². The summed E-state index contributed by atoms with van der Waals surface area (Å²) in [6, 6.07) is 0. The number of hydrogen-bond donors (Lipinski definition) is 0. The van der Waals surface area contributed by atoms with E-state index in [-0.39, 0.29) is 19.4 Å². The minimum absolute atomic E-state index is 0.0843. The first-order valence-corrected chi connectivity index (χ1v) is 12.2. The van der Waals surface area contributed by atoms with E-state index < -0.39 is 43.7 Å². The lowest BCUT2D eigenvalue weighted by molar-refractivity contribution is -0.185. The lowest BCUT2D eigenvalue weighted by atomic mass is 9.67. The molecule has 2 atom stereocenters. The molecule has 0 amide bonds. The van der Waals surface area contributed by atoms with Crippen LogP contribution < -0.4 is 0 Å². The van der Waals surface area contributed by atoms with Crippen molar-refractivity contribution in [2.24, 2.45) is 11.3 Å². The summed E-state index contributed by atoms with van der Waals surface area (Å²) >= 11 is 0. The van der Waals surface area contributed by atoms with Gasteiger partial charge in [0, 0.05) is 6.42 Å². The van der Waals surface area contributed by atoms with Crippen LogP contribution in [0.5, 0.6) is 0 Å². The largest absolute Gasteiger partial charge is 0.548 e. The highest BCUT2D eigenvalue weighted by molar-refractivity contribution is 6.70. The van der Waals surface area contributed by atoms with E-state index in [1.54, 1.807) is 26.8 Å². The number of carbonyl (C=O) groups is 3. The van der Waals surface area contributed by atoms with Crippen LogP contribution in [-0.2, 0) is 33.0 Å². The Hall–Kier alpha value is -1.83. The highest BCUT2D eigenvalue weighted by atomic mass is 28.4. The zero-order valence-electron chi connectivity index (χ0n) is 16.7. The monoisotopic (exact) mass is 386 g/mol. The van der Waals surface area contributed by atoms with E-state index in [1.807, 2.05) is 19.6 Å². The van der Waals surface area contributed by atoms with Gasteiger partial charge in [-0.15, -0.1) is 0 Å². The summed E-state index contributed by atoms with van der Waals surface area (Å²) < 4.78 is 21.4. The quantitative estimate of drug-likeness (QED) is 0.288. The molecular formula is C18H30O7Si. The van der Waals surface area contributed by atoms with Gasteiger partial charge in [0.25, 0.3) is 0 Å². The Balaban J connectivity index is 3.42. The molecule has 148 valence electrons. The van der Waals surface area contributed by atoms with Crippen LogP contribution >= 0.6 is 0 Å². The number of ether oxygens (including phenoxy) is 3. The molecule has 7 nitrogen and oxygen atoms in total. The Bertz CT molecular complexity index is 577. The van der Waals surface area contributed by atoms with Crippen LogP contribution in [0.3, 0.4) is 0 Å². The highest BCUT2D eigenvalue weighted by Gasteiger charge is 2.60. The smallest absolute Gasteiger partial charge is 0.325 e. The Kier molecular flexibility index (Phi) is 7.43. The maximum atomic E-state index is 13.0. The molecule has 1 aliphatic rings. The second-order valence-electron chi connectivity index (χ2n) is 7.52. The molecule has 8 heteroatoms. The van der Waals surface area contributed by atoms with Crippen LogP contribution in [0.1, 0.15) is 33.6 Å². The Morgan fingerprint density at radius 3 is 2.31 bits per heavy atom. The molecule has 0 bridgehead atoms. The van der Waals surface area contributed by atoms with Crippen molar-refractivity contribution >= 4 is 26.2 Å². The van der Waals surface area contributed by atoms with Crippen molar-refractivity contribution in [1.82, 2.24) is 0 Å². The van der Waals surface area contributed by atoms with Crippen LogP contribution in [0.25, 0.3) is 0 Å². The molecule has 0 N–H and O–H groups in total. The van der Waals surface area contributed by atoms with Crippen molar-refractivity contribution in [3.8, 4) is 0 Å². The van der Waals surface area contributed by atoms with E-state index in [0.717, 1.165) is 0 Å². The number of allylic oxidation sites excluding steroid dienone is 2. The standard InChI is InChI=1S/C18H30O7Si/c1-8-23-15(19)14-10-9-13(25-26(5,6)7)11-18(14,16(20)22-4)17(21)24-12(2)3/h9,12,14H,8,10-11H2,1-7H3/t14-,18-/m1/s1. The first-order chi connectivity index (χ1) is 12.0. The maximum Gasteiger partial charge on any atom is 0.325 e. The fourth-order valence-corrected chi connectivity index (χ4v) is 3.89. The predicted molar refractivity (Wildman–Crippen MR) is 97.5 cm³/mol. The van der Waals surface area contributed by atoms with Gasteiger partial charge in [-0.25, -0.2) is 0 Å². The van der Waals surface area contributed by atoms with Gasteiger partial charge >= 0.3 is 17.9 Å². The fraction of sp³-hybridized carbons (Fsp3) is 0.722. The third kappa shape index (κ3) is 5.09. The molecule has 1 aliphatic carbocycles. The molecule has 0 radical (unpaired) electrons. The Morgan fingerprint density at radius 1 is 1.23 bits per heavy atom. The number of esters is 3. The molecular weight excluding hydrogens is 356 g/mol. The average Bonchev–Trinajstić information content (AvgIpc) is 2.51. The van der Waals surface area contributed by atoms with Gasteiger partial charge in [-0.1, -0.05) is 0 Å². The summed E-state index contributed by atoms with van der Waals surface area (Å²) in [5.41, 5.74) is -1.81. The van der Waals surface area contributed by atoms with Crippen molar-refractivity contribution in [3.63, 3.8) is 0 Å². The third-order valence-corrected chi connectivity index (χ3v) is 4.77. The van der Waals surface area contributed by atoms with Crippen molar-refractivity contribution < 1.29 is 33.0 Å². The molecule has 0 saturated heterocycles. The van der Waals surface area contributed by atoms with Crippen molar-refractivity contribution in [3.05, 3.63) is 11.8 Å². The summed E-state index contributed by atoms with van der Waals surface area (Å²) in [4.78, 5) is 38.2. The lowest BCUT2D eigenvalue weighted by Crippen LogP contribution is -2.53. The Morgan fingerprint density at radius 2 is 1.85 bits per heavy atom. The minimum Gasteiger partial charge on any atom is -0.548 e. The van der Waals surface area contributed by atoms with Crippen LogP contribution in [-0.4, -0.2) is 46.0 Å². The summed E-state index contributed by atoms with van der Waals surface area (Å²) in [5.74, 6) is -2.74. The van der Waals surface area contributed by atoms with Crippen molar-refractivity contribution in [2.45, 2.75) is 59.4 Å². The normalized spacial score (nSPS) is 23.1. The van der Waals surface area contributed by atoms with Gasteiger partial charge in [0.1, 0.15) is 0 Å². The molecule has 0 unspecified atom stereocenters. The number of rotatable bonds is 7. The number of methoxy groups -OCH3 is 1. The molecule has 26 heavy (non-hydrogen) atoms. The van der Waals surface area contributed by atoms with E-state index >= 15 is 0 Å². The van der Waals surface area contributed by atoms with Crippen LogP contribution in [0.2, 0.25) is 19.6 Å². The van der Waals surface area contributed by atoms with Gasteiger partial charge in [0.2, 0.25) is 8.32 Å². The van der Waals surface area contributed by atoms with E-state index in [0.29, 0.717) is 5.76 Å². The topological polar surface area (TPSA) is 88.1 Å². The summed E-state index contributed by atoms with van der Waals surface area (Å²) in [5, 5.41) is 0. The highest BCUT2D eigenvalue weighted by Crippen LogP contribution is 2.45. The SMILES string of the molecule is CCOC(=O)[C@H]1CC=C(O[Si](C)(C)C)C[C@@]1(C(=O)OC)C(=O)OC(C)C.